The van der Waals surface area contributed by atoms with E-state index < -0.39 is 5.82 Å². The van der Waals surface area contributed by atoms with E-state index in [1.54, 1.807) is 0 Å². The molecule has 124 valence electrons. The van der Waals surface area contributed by atoms with Crippen LogP contribution in [0.5, 0.6) is 0 Å². The first kappa shape index (κ1) is 16.5. The van der Waals surface area contributed by atoms with Crippen LogP contribution in [0.15, 0.2) is 36.4 Å². The Morgan fingerprint density at radius 3 is 2.88 bits per heavy atom. The van der Waals surface area contributed by atoms with Gasteiger partial charge in [0.1, 0.15) is 11.6 Å². The highest BCUT2D eigenvalue weighted by atomic mass is 35.5. The molecule has 0 radical (unpaired) electrons. The van der Waals surface area contributed by atoms with Gasteiger partial charge in [-0.1, -0.05) is 24.6 Å². The highest BCUT2D eigenvalue weighted by Crippen LogP contribution is 2.20. The molecule has 0 aliphatic heterocycles. The number of benzene rings is 2. The van der Waals surface area contributed by atoms with Crippen LogP contribution in [0.1, 0.15) is 24.7 Å². The van der Waals surface area contributed by atoms with E-state index in [0.717, 1.165) is 28.8 Å². The third-order valence-electron chi connectivity index (χ3n) is 3.77. The molecule has 0 unspecified atom stereocenters. The molecule has 1 amide bonds. The number of anilines is 1. The molecule has 2 N–H and O–H groups in total. The van der Waals surface area contributed by atoms with Crippen LogP contribution in [0.4, 0.5) is 10.1 Å². The highest BCUT2D eigenvalue weighted by molar-refractivity contribution is 6.31. The molecule has 0 bridgehead atoms. The second-order valence-corrected chi connectivity index (χ2v) is 5.97. The molecule has 1 heterocycles. The van der Waals surface area contributed by atoms with Gasteiger partial charge in [0.2, 0.25) is 5.91 Å². The van der Waals surface area contributed by atoms with Gasteiger partial charge in [-0.25, -0.2) is 9.37 Å². The molecule has 6 heteroatoms. The van der Waals surface area contributed by atoms with Crippen LogP contribution >= 0.6 is 11.6 Å². The molecule has 0 spiro atoms. The zero-order valence-electron chi connectivity index (χ0n) is 13.2. The first-order chi connectivity index (χ1) is 11.5. The van der Waals surface area contributed by atoms with Gasteiger partial charge in [0.25, 0.3) is 0 Å². The van der Waals surface area contributed by atoms with Gasteiger partial charge in [-0.15, -0.1) is 0 Å². The molecule has 2 aromatic carbocycles. The summed E-state index contributed by atoms with van der Waals surface area (Å²) in [5.41, 5.74) is 3.46. The van der Waals surface area contributed by atoms with E-state index in [1.807, 2.05) is 25.1 Å². The Balaban J connectivity index is 1.62. The maximum atomic E-state index is 13.1. The van der Waals surface area contributed by atoms with Crippen molar-refractivity contribution in [2.75, 3.05) is 5.32 Å². The SMILES string of the molecule is CCc1nc2ccc(CCC(=O)Nc3ccc(F)c(Cl)c3)cc2[nH]1. The summed E-state index contributed by atoms with van der Waals surface area (Å²) in [5, 5.41) is 2.71. The van der Waals surface area contributed by atoms with Crippen molar-refractivity contribution in [3.05, 3.63) is 58.6 Å². The number of aromatic nitrogens is 2. The van der Waals surface area contributed by atoms with Crippen molar-refractivity contribution in [3.63, 3.8) is 0 Å². The fraction of sp³-hybridized carbons (Fsp3) is 0.222. The number of carbonyl (C=O) groups excluding carboxylic acids is 1. The summed E-state index contributed by atoms with van der Waals surface area (Å²) in [6.07, 6.45) is 1.79. The number of aromatic amines is 1. The highest BCUT2D eigenvalue weighted by Gasteiger charge is 2.07. The lowest BCUT2D eigenvalue weighted by atomic mass is 10.1. The Morgan fingerprint density at radius 2 is 2.12 bits per heavy atom. The third kappa shape index (κ3) is 3.74. The lowest BCUT2D eigenvalue weighted by Gasteiger charge is -2.06. The minimum Gasteiger partial charge on any atom is -0.342 e. The van der Waals surface area contributed by atoms with Crippen LogP contribution in [0, 0.1) is 5.82 Å². The minimum absolute atomic E-state index is 0.00998. The molecular formula is C18H17ClFN3O. The summed E-state index contributed by atoms with van der Waals surface area (Å²) in [5.74, 6) is 0.304. The maximum Gasteiger partial charge on any atom is 0.224 e. The van der Waals surface area contributed by atoms with Gasteiger partial charge >= 0.3 is 0 Å². The average molecular weight is 346 g/mol. The van der Waals surface area contributed by atoms with Gasteiger partial charge in [-0.2, -0.15) is 0 Å². The van der Waals surface area contributed by atoms with Crippen molar-refractivity contribution < 1.29 is 9.18 Å². The van der Waals surface area contributed by atoms with Crippen LogP contribution in [0.25, 0.3) is 11.0 Å². The first-order valence-corrected chi connectivity index (χ1v) is 8.15. The number of carbonyl (C=O) groups is 1. The average Bonchev–Trinajstić information content (AvgIpc) is 2.98. The quantitative estimate of drug-likeness (QED) is 0.715. The van der Waals surface area contributed by atoms with Gasteiger partial charge in [-0.3, -0.25) is 4.79 Å². The number of fused-ring (bicyclic) bond motifs is 1. The molecule has 4 nitrogen and oxygen atoms in total. The van der Waals surface area contributed by atoms with E-state index in [2.05, 4.69) is 15.3 Å². The summed E-state index contributed by atoms with van der Waals surface area (Å²) >= 11 is 5.70. The number of amides is 1. The van der Waals surface area contributed by atoms with Crippen molar-refractivity contribution in [2.24, 2.45) is 0 Å². The molecule has 0 fully saturated rings. The minimum atomic E-state index is -0.506. The Labute approximate surface area is 144 Å². The number of hydrogen-bond donors (Lipinski definition) is 2. The fourth-order valence-corrected chi connectivity index (χ4v) is 2.67. The van der Waals surface area contributed by atoms with E-state index in [9.17, 15) is 9.18 Å². The number of aryl methyl sites for hydroxylation is 2. The summed E-state index contributed by atoms with van der Waals surface area (Å²) in [4.78, 5) is 19.8. The van der Waals surface area contributed by atoms with Crippen LogP contribution in [0.3, 0.4) is 0 Å². The summed E-state index contributed by atoms with van der Waals surface area (Å²) in [6, 6.07) is 10.1. The van der Waals surface area contributed by atoms with Gasteiger partial charge in [0.15, 0.2) is 0 Å². The number of nitrogens with zero attached hydrogens (tertiary/aromatic N) is 1. The Hall–Kier alpha value is -2.40. The van der Waals surface area contributed by atoms with Crippen molar-refractivity contribution in [1.82, 2.24) is 9.97 Å². The molecule has 0 aliphatic rings. The first-order valence-electron chi connectivity index (χ1n) is 7.77. The predicted octanol–water partition coefficient (Wildman–Crippen LogP) is 4.49. The lowest BCUT2D eigenvalue weighted by molar-refractivity contribution is -0.116. The van der Waals surface area contributed by atoms with Crippen LogP contribution < -0.4 is 5.32 Å². The van der Waals surface area contributed by atoms with Crippen molar-refractivity contribution in [3.8, 4) is 0 Å². The van der Waals surface area contributed by atoms with Gasteiger partial charge in [0, 0.05) is 18.5 Å². The van der Waals surface area contributed by atoms with E-state index in [-0.39, 0.29) is 10.9 Å². The van der Waals surface area contributed by atoms with E-state index in [1.165, 1.54) is 18.2 Å². The summed E-state index contributed by atoms with van der Waals surface area (Å²) in [6.45, 7) is 2.05. The maximum absolute atomic E-state index is 13.1. The number of hydrogen-bond acceptors (Lipinski definition) is 2. The molecule has 3 aromatic rings. The molecule has 0 saturated heterocycles. The van der Waals surface area contributed by atoms with Crippen molar-refractivity contribution in [1.29, 1.82) is 0 Å². The zero-order valence-corrected chi connectivity index (χ0v) is 14.0. The van der Waals surface area contributed by atoms with Gasteiger partial charge in [0.05, 0.1) is 16.1 Å². The third-order valence-corrected chi connectivity index (χ3v) is 4.06. The van der Waals surface area contributed by atoms with Gasteiger partial charge in [-0.05, 0) is 42.3 Å². The van der Waals surface area contributed by atoms with Gasteiger partial charge < -0.3 is 10.3 Å². The fourth-order valence-electron chi connectivity index (χ4n) is 2.49. The van der Waals surface area contributed by atoms with Crippen molar-refractivity contribution >= 4 is 34.2 Å². The number of nitrogens with one attached hydrogen (secondary N) is 2. The molecule has 0 saturated carbocycles. The van der Waals surface area contributed by atoms with Crippen LogP contribution in [0.2, 0.25) is 5.02 Å². The second-order valence-electron chi connectivity index (χ2n) is 5.57. The zero-order chi connectivity index (χ0) is 17.1. The number of rotatable bonds is 5. The predicted molar refractivity (Wildman–Crippen MR) is 93.8 cm³/mol. The summed E-state index contributed by atoms with van der Waals surface area (Å²) in [7, 11) is 0. The van der Waals surface area contributed by atoms with Crippen molar-refractivity contribution in [2.45, 2.75) is 26.2 Å². The Morgan fingerprint density at radius 1 is 1.29 bits per heavy atom. The normalized spacial score (nSPS) is 11.0. The number of H-pyrrole nitrogens is 1. The molecule has 1 aromatic heterocycles. The van der Waals surface area contributed by atoms with E-state index in [4.69, 9.17) is 11.6 Å². The Bertz CT molecular complexity index is 891. The standard InChI is InChI=1S/C18H17ClFN3O/c1-2-17-22-15-7-3-11(9-16(15)23-17)4-8-18(24)21-12-5-6-14(20)13(19)10-12/h3,5-7,9-10H,2,4,8H2,1H3,(H,21,24)(H,22,23). The molecule has 0 atom stereocenters. The van der Waals surface area contributed by atoms with Crippen LogP contribution in [-0.2, 0) is 17.6 Å². The second kappa shape index (κ2) is 7.01. The topological polar surface area (TPSA) is 57.8 Å². The monoisotopic (exact) mass is 345 g/mol. The number of halogens is 2. The molecule has 24 heavy (non-hydrogen) atoms. The molecular weight excluding hydrogens is 329 g/mol. The van der Waals surface area contributed by atoms with E-state index >= 15 is 0 Å². The van der Waals surface area contributed by atoms with Crippen LogP contribution in [-0.4, -0.2) is 15.9 Å². The molecule has 0 aliphatic carbocycles. The smallest absolute Gasteiger partial charge is 0.224 e. The Kier molecular flexibility index (Phi) is 4.81. The largest absolute Gasteiger partial charge is 0.342 e. The lowest BCUT2D eigenvalue weighted by Crippen LogP contribution is -2.12. The van der Waals surface area contributed by atoms with E-state index in [0.29, 0.717) is 18.5 Å². The molecule has 3 rings (SSSR count). The summed E-state index contributed by atoms with van der Waals surface area (Å²) < 4.78 is 13.1. The number of imidazole rings is 1.